The van der Waals surface area contributed by atoms with Crippen molar-refractivity contribution < 1.29 is 9.59 Å². The van der Waals surface area contributed by atoms with E-state index in [0.717, 1.165) is 26.2 Å². The molecule has 1 unspecified atom stereocenters. The summed E-state index contributed by atoms with van der Waals surface area (Å²) in [6, 6.07) is -0.414. The average Bonchev–Trinajstić information content (AvgIpc) is 2.39. The summed E-state index contributed by atoms with van der Waals surface area (Å²) in [5.74, 6) is 0.363. The summed E-state index contributed by atoms with van der Waals surface area (Å²) in [6.07, 6.45) is 2.41. The van der Waals surface area contributed by atoms with Gasteiger partial charge >= 0.3 is 6.03 Å². The molecule has 0 saturated carbocycles. The third kappa shape index (κ3) is 6.54. The Bertz CT molecular complexity index is 290. The van der Waals surface area contributed by atoms with Gasteiger partial charge in [-0.25, -0.2) is 4.79 Å². The molecule has 19 heavy (non-hydrogen) atoms. The number of carbonyl (C=O) groups is 2. The van der Waals surface area contributed by atoms with Crippen molar-refractivity contribution in [3.05, 3.63) is 0 Å². The highest BCUT2D eigenvalue weighted by atomic mass is 16.2. The zero-order valence-electron chi connectivity index (χ0n) is 12.0. The Hall–Kier alpha value is -1.14. The molecule has 0 aromatic carbocycles. The molecule has 6 nitrogen and oxygen atoms in total. The van der Waals surface area contributed by atoms with Crippen LogP contribution < -0.4 is 16.0 Å². The fraction of sp³-hybridized carbons (Fsp3) is 0.846. The van der Waals surface area contributed by atoms with Crippen LogP contribution in [-0.4, -0.2) is 56.1 Å². The minimum absolute atomic E-state index is 0.239. The number of amides is 3. The number of imide groups is 1. The van der Waals surface area contributed by atoms with E-state index in [0.29, 0.717) is 12.5 Å². The van der Waals surface area contributed by atoms with Gasteiger partial charge in [0.25, 0.3) is 0 Å². The molecule has 3 N–H and O–H groups in total. The van der Waals surface area contributed by atoms with E-state index in [9.17, 15) is 9.59 Å². The first-order chi connectivity index (χ1) is 9.15. The molecule has 0 aromatic heterocycles. The minimum atomic E-state index is -0.414. The third-order valence-corrected chi connectivity index (χ3v) is 3.32. The lowest BCUT2D eigenvalue weighted by Gasteiger charge is -2.28. The highest BCUT2D eigenvalue weighted by Gasteiger charge is 2.18. The smallest absolute Gasteiger partial charge is 0.321 e. The van der Waals surface area contributed by atoms with Gasteiger partial charge in [0.15, 0.2) is 0 Å². The van der Waals surface area contributed by atoms with Crippen molar-refractivity contribution in [1.29, 1.82) is 0 Å². The lowest BCUT2D eigenvalue weighted by atomic mass is 9.99. The molecule has 110 valence electrons. The predicted molar refractivity (Wildman–Crippen MR) is 74.9 cm³/mol. The normalized spacial score (nSPS) is 19.2. The molecule has 1 aliphatic heterocycles. The molecule has 0 radical (unpaired) electrons. The molecular weight excluding hydrogens is 244 g/mol. The van der Waals surface area contributed by atoms with Crippen molar-refractivity contribution >= 4 is 11.9 Å². The van der Waals surface area contributed by atoms with Crippen molar-refractivity contribution in [2.45, 2.75) is 26.7 Å². The maximum Gasteiger partial charge on any atom is 0.321 e. The van der Waals surface area contributed by atoms with Crippen LogP contribution in [0.15, 0.2) is 0 Å². The summed E-state index contributed by atoms with van der Waals surface area (Å²) < 4.78 is 0. The number of nitrogens with zero attached hydrogens (tertiary/aromatic N) is 1. The summed E-state index contributed by atoms with van der Waals surface area (Å²) in [5.41, 5.74) is 0. The van der Waals surface area contributed by atoms with Gasteiger partial charge in [-0.05, 0) is 45.3 Å². The Labute approximate surface area is 115 Å². The van der Waals surface area contributed by atoms with Crippen LogP contribution in [0.4, 0.5) is 4.79 Å². The van der Waals surface area contributed by atoms with Crippen molar-refractivity contribution in [3.63, 3.8) is 0 Å². The number of carbonyl (C=O) groups excluding carboxylic acids is 2. The SMILES string of the molecule is CCNC(=O)NC(=O)CN(CC)CC1CCCNC1. The number of rotatable bonds is 6. The standard InChI is InChI=1S/C13H26N4O2/c1-3-15-13(19)16-12(18)10-17(4-2)9-11-6-5-7-14-8-11/h11,14H,3-10H2,1-2H3,(H2,15,16,18,19). The zero-order valence-corrected chi connectivity index (χ0v) is 12.0. The number of hydrogen-bond donors (Lipinski definition) is 3. The predicted octanol–water partition coefficient (Wildman–Crippen LogP) is 0.154. The number of piperidine rings is 1. The molecule has 0 aliphatic carbocycles. The largest absolute Gasteiger partial charge is 0.338 e. The molecular formula is C13H26N4O2. The first-order valence-electron chi connectivity index (χ1n) is 7.16. The molecule has 1 atom stereocenters. The second-order valence-electron chi connectivity index (χ2n) is 4.95. The monoisotopic (exact) mass is 270 g/mol. The lowest BCUT2D eigenvalue weighted by Crippen LogP contribution is -2.46. The lowest BCUT2D eigenvalue weighted by molar-refractivity contribution is -0.121. The first kappa shape index (κ1) is 15.9. The molecule has 1 fully saturated rings. The molecule has 1 aliphatic rings. The van der Waals surface area contributed by atoms with Crippen LogP contribution in [0.1, 0.15) is 26.7 Å². The van der Waals surface area contributed by atoms with Gasteiger partial charge in [0, 0.05) is 13.1 Å². The van der Waals surface area contributed by atoms with Gasteiger partial charge in [-0.1, -0.05) is 6.92 Å². The quantitative estimate of drug-likeness (QED) is 0.642. The summed E-state index contributed by atoms with van der Waals surface area (Å²) in [7, 11) is 0. The second kappa shape index (κ2) is 8.87. The molecule has 6 heteroatoms. The maximum atomic E-state index is 11.7. The van der Waals surface area contributed by atoms with E-state index < -0.39 is 6.03 Å². The Balaban J connectivity index is 2.30. The van der Waals surface area contributed by atoms with Gasteiger partial charge in [-0.15, -0.1) is 0 Å². The van der Waals surface area contributed by atoms with Crippen LogP contribution in [0.3, 0.4) is 0 Å². The molecule has 0 bridgehead atoms. The first-order valence-corrected chi connectivity index (χ1v) is 7.16. The molecule has 0 aromatic rings. The Morgan fingerprint density at radius 1 is 1.37 bits per heavy atom. The number of likely N-dealkylation sites (N-methyl/N-ethyl adjacent to an activating group) is 1. The highest BCUT2D eigenvalue weighted by Crippen LogP contribution is 2.11. The van der Waals surface area contributed by atoms with E-state index in [2.05, 4.69) is 20.9 Å². The molecule has 1 rings (SSSR count). The van der Waals surface area contributed by atoms with E-state index in [4.69, 9.17) is 0 Å². The van der Waals surface area contributed by atoms with Gasteiger partial charge in [0.1, 0.15) is 0 Å². The second-order valence-corrected chi connectivity index (χ2v) is 4.95. The van der Waals surface area contributed by atoms with Crippen molar-refractivity contribution in [1.82, 2.24) is 20.9 Å². The fourth-order valence-corrected chi connectivity index (χ4v) is 2.32. The Morgan fingerprint density at radius 2 is 2.16 bits per heavy atom. The van der Waals surface area contributed by atoms with Gasteiger partial charge in [-0.2, -0.15) is 0 Å². The summed E-state index contributed by atoms with van der Waals surface area (Å²) in [5, 5.41) is 8.26. The highest BCUT2D eigenvalue weighted by molar-refractivity contribution is 5.95. The topological polar surface area (TPSA) is 73.5 Å². The van der Waals surface area contributed by atoms with Gasteiger partial charge in [0.2, 0.25) is 5.91 Å². The Morgan fingerprint density at radius 3 is 2.74 bits per heavy atom. The number of nitrogens with one attached hydrogen (secondary N) is 3. The summed E-state index contributed by atoms with van der Waals surface area (Å²) in [4.78, 5) is 25.0. The van der Waals surface area contributed by atoms with E-state index in [1.165, 1.54) is 12.8 Å². The van der Waals surface area contributed by atoms with Crippen LogP contribution in [0.25, 0.3) is 0 Å². The minimum Gasteiger partial charge on any atom is -0.338 e. The van der Waals surface area contributed by atoms with Crippen molar-refractivity contribution in [3.8, 4) is 0 Å². The van der Waals surface area contributed by atoms with Crippen molar-refractivity contribution in [2.75, 3.05) is 39.3 Å². The molecule has 1 saturated heterocycles. The van der Waals surface area contributed by atoms with E-state index in [1.54, 1.807) is 0 Å². The number of urea groups is 1. The zero-order chi connectivity index (χ0) is 14.1. The molecule has 1 heterocycles. The van der Waals surface area contributed by atoms with E-state index in [1.807, 2.05) is 13.8 Å². The van der Waals surface area contributed by atoms with Crippen LogP contribution in [0.2, 0.25) is 0 Å². The van der Waals surface area contributed by atoms with Gasteiger partial charge in [0.05, 0.1) is 6.54 Å². The van der Waals surface area contributed by atoms with Gasteiger partial charge in [-0.3, -0.25) is 15.0 Å². The van der Waals surface area contributed by atoms with Crippen LogP contribution >= 0.6 is 0 Å². The maximum absolute atomic E-state index is 11.7. The number of hydrogen-bond acceptors (Lipinski definition) is 4. The molecule has 3 amide bonds. The summed E-state index contributed by atoms with van der Waals surface area (Å²) in [6.45, 7) is 8.50. The van der Waals surface area contributed by atoms with E-state index in [-0.39, 0.29) is 12.5 Å². The van der Waals surface area contributed by atoms with E-state index >= 15 is 0 Å². The fourth-order valence-electron chi connectivity index (χ4n) is 2.32. The molecule has 0 spiro atoms. The van der Waals surface area contributed by atoms with Gasteiger partial charge < -0.3 is 10.6 Å². The van der Waals surface area contributed by atoms with Crippen LogP contribution in [0, 0.1) is 5.92 Å². The van der Waals surface area contributed by atoms with Crippen molar-refractivity contribution in [2.24, 2.45) is 5.92 Å². The Kier molecular flexibility index (Phi) is 7.43. The summed E-state index contributed by atoms with van der Waals surface area (Å²) >= 11 is 0. The average molecular weight is 270 g/mol. The van der Waals surface area contributed by atoms with Crippen LogP contribution in [0.5, 0.6) is 0 Å². The third-order valence-electron chi connectivity index (χ3n) is 3.32. The van der Waals surface area contributed by atoms with Crippen LogP contribution in [-0.2, 0) is 4.79 Å².